The molecule has 0 atom stereocenters. The Bertz CT molecular complexity index is 763. The summed E-state index contributed by atoms with van der Waals surface area (Å²) in [4.78, 5) is 19.9. The Hall–Kier alpha value is -1.90. The molecule has 13 heteroatoms. The first-order valence-electron chi connectivity index (χ1n) is 8.27. The minimum absolute atomic E-state index is 0. The number of nitrogens with zero attached hydrogens (tertiary/aromatic N) is 6. The summed E-state index contributed by atoms with van der Waals surface area (Å²) >= 11 is 1.60. The molecule has 2 aromatic heterocycles. The smallest absolute Gasteiger partial charge is 0.370 e. The SMILES string of the molecule is I.NC(=NCCNc1nccc(C(F)(F)F)n1)N1CCN(c2nccs2)CC1. The average Bonchev–Trinajstić information content (AvgIpc) is 3.19. The van der Waals surface area contributed by atoms with E-state index in [1.165, 1.54) is 0 Å². The van der Waals surface area contributed by atoms with E-state index in [0.29, 0.717) is 12.5 Å². The van der Waals surface area contributed by atoms with Crippen molar-refractivity contribution in [2.24, 2.45) is 10.7 Å². The zero-order valence-electron chi connectivity index (χ0n) is 14.8. The van der Waals surface area contributed by atoms with Gasteiger partial charge in [0.2, 0.25) is 5.95 Å². The molecule has 2 aromatic rings. The maximum atomic E-state index is 12.6. The highest BCUT2D eigenvalue weighted by Gasteiger charge is 2.32. The lowest BCUT2D eigenvalue weighted by atomic mass is 10.3. The Morgan fingerprint density at radius 1 is 1.21 bits per heavy atom. The van der Waals surface area contributed by atoms with Gasteiger partial charge in [0.25, 0.3) is 0 Å². The summed E-state index contributed by atoms with van der Waals surface area (Å²) in [6.45, 7) is 3.66. The van der Waals surface area contributed by atoms with E-state index in [9.17, 15) is 13.2 Å². The molecule has 0 aliphatic carbocycles. The second-order valence-corrected chi connectivity index (χ2v) is 6.59. The number of hydrogen-bond donors (Lipinski definition) is 2. The van der Waals surface area contributed by atoms with Crippen LogP contribution >= 0.6 is 35.3 Å². The highest BCUT2D eigenvalue weighted by molar-refractivity contribution is 14.0. The van der Waals surface area contributed by atoms with Gasteiger partial charge >= 0.3 is 6.18 Å². The Labute approximate surface area is 181 Å². The van der Waals surface area contributed by atoms with Crippen LogP contribution in [0.3, 0.4) is 0 Å². The fraction of sp³-hybridized carbons (Fsp3) is 0.467. The second kappa shape index (κ2) is 10.0. The summed E-state index contributed by atoms with van der Waals surface area (Å²) in [5, 5.41) is 5.66. The summed E-state index contributed by atoms with van der Waals surface area (Å²) in [5.74, 6) is 0.330. The van der Waals surface area contributed by atoms with E-state index in [1.807, 2.05) is 10.3 Å². The van der Waals surface area contributed by atoms with Gasteiger partial charge in [-0.2, -0.15) is 13.2 Å². The molecule has 0 bridgehead atoms. The lowest BCUT2D eigenvalue weighted by Crippen LogP contribution is -2.51. The lowest BCUT2D eigenvalue weighted by Gasteiger charge is -2.35. The predicted molar refractivity (Wildman–Crippen MR) is 113 cm³/mol. The number of nitrogens with one attached hydrogen (secondary N) is 1. The minimum atomic E-state index is -4.50. The Morgan fingerprint density at radius 2 is 1.96 bits per heavy atom. The molecule has 154 valence electrons. The first-order valence-corrected chi connectivity index (χ1v) is 9.15. The third kappa shape index (κ3) is 6.05. The van der Waals surface area contributed by atoms with Gasteiger partial charge in [0.1, 0.15) is 5.69 Å². The summed E-state index contributed by atoms with van der Waals surface area (Å²) in [6.07, 6.45) is -1.65. The Morgan fingerprint density at radius 3 is 2.61 bits per heavy atom. The first kappa shape index (κ1) is 22.4. The highest BCUT2D eigenvalue weighted by atomic mass is 127. The number of piperazine rings is 1. The number of rotatable bonds is 5. The summed E-state index contributed by atoms with van der Waals surface area (Å²) < 4.78 is 37.9. The third-order valence-electron chi connectivity index (χ3n) is 3.91. The molecule has 0 aromatic carbocycles. The molecular weight excluding hydrogens is 508 g/mol. The molecular formula is C15H20F3IN8S. The second-order valence-electron chi connectivity index (χ2n) is 5.72. The normalized spacial score (nSPS) is 15.3. The monoisotopic (exact) mass is 528 g/mol. The molecule has 1 aliphatic heterocycles. The molecule has 0 amide bonds. The maximum absolute atomic E-state index is 12.6. The molecule has 1 saturated heterocycles. The van der Waals surface area contributed by atoms with Crippen LogP contribution in [0.2, 0.25) is 0 Å². The average molecular weight is 528 g/mol. The van der Waals surface area contributed by atoms with E-state index in [2.05, 4.69) is 30.2 Å². The van der Waals surface area contributed by atoms with Crippen LogP contribution < -0.4 is 16.0 Å². The van der Waals surface area contributed by atoms with E-state index in [0.717, 1.165) is 43.6 Å². The van der Waals surface area contributed by atoms with Gasteiger partial charge in [-0.1, -0.05) is 0 Å². The molecule has 0 saturated carbocycles. The molecule has 0 radical (unpaired) electrons. The summed E-state index contributed by atoms with van der Waals surface area (Å²) in [5.41, 5.74) is 5.02. The topological polar surface area (TPSA) is 95.6 Å². The number of anilines is 2. The van der Waals surface area contributed by atoms with Crippen LogP contribution in [-0.2, 0) is 6.18 Å². The summed E-state index contributed by atoms with van der Waals surface area (Å²) in [6, 6.07) is 0.826. The van der Waals surface area contributed by atoms with Crippen molar-refractivity contribution in [2.75, 3.05) is 49.5 Å². The van der Waals surface area contributed by atoms with E-state index in [1.54, 1.807) is 17.5 Å². The molecule has 8 nitrogen and oxygen atoms in total. The van der Waals surface area contributed by atoms with Gasteiger partial charge < -0.3 is 20.9 Å². The van der Waals surface area contributed by atoms with E-state index in [4.69, 9.17) is 5.73 Å². The standard InChI is InChI=1S/C15H19F3N8S.HI/c16-15(17,18)11-1-2-21-13(24-11)22-4-3-20-12(19)25-6-8-26(9-7-25)14-23-5-10-27-14;/h1-2,5,10H,3-4,6-9H2,(H2,19,20)(H,21,22,24);1H. The van der Waals surface area contributed by atoms with Crippen molar-refractivity contribution in [3.63, 3.8) is 0 Å². The largest absolute Gasteiger partial charge is 0.433 e. The highest BCUT2D eigenvalue weighted by Crippen LogP contribution is 2.27. The predicted octanol–water partition coefficient (Wildman–Crippen LogP) is 2.12. The number of thiazole rings is 1. The van der Waals surface area contributed by atoms with Gasteiger partial charge in [0, 0.05) is 50.5 Å². The van der Waals surface area contributed by atoms with Gasteiger partial charge in [0.15, 0.2) is 11.1 Å². The van der Waals surface area contributed by atoms with Crippen LogP contribution in [0, 0.1) is 0 Å². The third-order valence-corrected chi connectivity index (χ3v) is 4.74. The van der Waals surface area contributed by atoms with Crippen LogP contribution in [0.5, 0.6) is 0 Å². The molecule has 3 N–H and O–H groups in total. The van der Waals surface area contributed by atoms with E-state index >= 15 is 0 Å². The van der Waals surface area contributed by atoms with Gasteiger partial charge in [0.05, 0.1) is 6.54 Å². The Kier molecular flexibility index (Phi) is 8.03. The van der Waals surface area contributed by atoms with Gasteiger partial charge in [-0.3, -0.25) is 4.99 Å². The van der Waals surface area contributed by atoms with Crippen molar-refractivity contribution in [1.29, 1.82) is 0 Å². The van der Waals surface area contributed by atoms with Crippen molar-refractivity contribution in [2.45, 2.75) is 6.18 Å². The number of guanidine groups is 1. The van der Waals surface area contributed by atoms with E-state index < -0.39 is 11.9 Å². The number of halogens is 4. The number of nitrogens with two attached hydrogens (primary N) is 1. The Balaban J connectivity index is 0.00000280. The molecule has 28 heavy (non-hydrogen) atoms. The van der Waals surface area contributed by atoms with Crippen LogP contribution in [-0.4, -0.2) is 65.1 Å². The number of hydrogen-bond acceptors (Lipinski definition) is 7. The quantitative estimate of drug-likeness (QED) is 0.266. The van der Waals surface area contributed by atoms with Gasteiger partial charge in [-0.05, 0) is 6.07 Å². The van der Waals surface area contributed by atoms with Crippen LogP contribution in [0.1, 0.15) is 5.69 Å². The molecule has 1 fully saturated rings. The van der Waals surface area contributed by atoms with Crippen molar-refractivity contribution in [1.82, 2.24) is 19.9 Å². The zero-order chi connectivity index (χ0) is 19.3. The van der Waals surface area contributed by atoms with Crippen LogP contribution in [0.15, 0.2) is 28.8 Å². The lowest BCUT2D eigenvalue weighted by molar-refractivity contribution is -0.141. The van der Waals surface area contributed by atoms with Crippen molar-refractivity contribution in [3.05, 3.63) is 29.5 Å². The molecule has 1 aliphatic rings. The van der Waals surface area contributed by atoms with Crippen LogP contribution in [0.4, 0.5) is 24.3 Å². The molecule has 0 unspecified atom stereocenters. The zero-order valence-corrected chi connectivity index (χ0v) is 17.9. The molecule has 0 spiro atoms. The van der Waals surface area contributed by atoms with Crippen molar-refractivity contribution < 1.29 is 13.2 Å². The maximum Gasteiger partial charge on any atom is 0.433 e. The van der Waals surface area contributed by atoms with Crippen molar-refractivity contribution >= 4 is 52.4 Å². The van der Waals surface area contributed by atoms with Gasteiger partial charge in [-0.25, -0.2) is 15.0 Å². The minimum Gasteiger partial charge on any atom is -0.370 e. The van der Waals surface area contributed by atoms with E-state index in [-0.39, 0.29) is 36.5 Å². The number of aliphatic imine (C=N–C) groups is 1. The fourth-order valence-electron chi connectivity index (χ4n) is 2.54. The first-order chi connectivity index (χ1) is 12.9. The number of alkyl halides is 3. The van der Waals surface area contributed by atoms with Gasteiger partial charge in [-0.15, -0.1) is 35.3 Å². The molecule has 3 heterocycles. The fourth-order valence-corrected chi connectivity index (χ4v) is 3.24. The van der Waals surface area contributed by atoms with Crippen LogP contribution in [0.25, 0.3) is 0 Å². The van der Waals surface area contributed by atoms with Crippen molar-refractivity contribution in [3.8, 4) is 0 Å². The molecule has 3 rings (SSSR count). The summed E-state index contributed by atoms with van der Waals surface area (Å²) in [7, 11) is 0. The number of aromatic nitrogens is 3.